The highest BCUT2D eigenvalue weighted by Crippen LogP contribution is 2.35. The second kappa shape index (κ2) is 6.12. The Morgan fingerprint density at radius 3 is 2.81 bits per heavy atom. The fraction of sp³-hybridized carbons (Fsp3) is 0.231. The fourth-order valence-corrected chi connectivity index (χ4v) is 1.86. The van der Waals surface area contributed by atoms with Crippen LogP contribution in [0.15, 0.2) is 24.5 Å². The lowest BCUT2D eigenvalue weighted by atomic mass is 10.2. The molecule has 0 saturated carbocycles. The molecule has 2 aromatic rings. The van der Waals surface area contributed by atoms with Crippen LogP contribution in [0.2, 0.25) is 0 Å². The molecule has 8 heteroatoms. The Morgan fingerprint density at radius 2 is 2.19 bits per heavy atom. The summed E-state index contributed by atoms with van der Waals surface area (Å²) < 4.78 is 19.2. The molecule has 1 N–H and O–H groups in total. The first-order valence-electron chi connectivity index (χ1n) is 6.20. The molecule has 110 valence electrons. The number of nitrogens with zero attached hydrogens (tertiary/aromatic N) is 3. The van der Waals surface area contributed by atoms with E-state index in [0.717, 1.165) is 6.07 Å². The average molecular weight is 292 g/mol. The number of nitro groups is 1. The summed E-state index contributed by atoms with van der Waals surface area (Å²) in [6, 6.07) is 3.51. The van der Waals surface area contributed by atoms with Crippen LogP contribution in [0.5, 0.6) is 11.6 Å². The van der Waals surface area contributed by atoms with Gasteiger partial charge in [0.15, 0.2) is 5.82 Å². The van der Waals surface area contributed by atoms with Crippen molar-refractivity contribution in [3.05, 3.63) is 46.0 Å². The van der Waals surface area contributed by atoms with Crippen molar-refractivity contribution >= 4 is 11.5 Å². The lowest BCUT2D eigenvalue weighted by Crippen LogP contribution is -2.04. The Kier molecular flexibility index (Phi) is 4.27. The molecule has 0 atom stereocenters. The number of hydrogen-bond donors (Lipinski definition) is 1. The van der Waals surface area contributed by atoms with Crippen molar-refractivity contribution in [1.29, 1.82) is 0 Å². The fourth-order valence-electron chi connectivity index (χ4n) is 1.86. The van der Waals surface area contributed by atoms with Crippen molar-refractivity contribution < 1.29 is 14.1 Å². The summed E-state index contributed by atoms with van der Waals surface area (Å²) in [5, 5.41) is 13.8. The van der Waals surface area contributed by atoms with E-state index in [1.807, 2.05) is 6.92 Å². The molecule has 0 aliphatic rings. The van der Waals surface area contributed by atoms with E-state index >= 15 is 0 Å². The van der Waals surface area contributed by atoms with E-state index in [1.54, 1.807) is 7.05 Å². The van der Waals surface area contributed by atoms with Gasteiger partial charge >= 0.3 is 5.69 Å². The number of ether oxygens (including phenoxy) is 1. The number of anilines is 1. The maximum Gasteiger partial charge on any atom is 0.314 e. The second-order valence-electron chi connectivity index (χ2n) is 4.06. The number of rotatable bonds is 5. The van der Waals surface area contributed by atoms with Crippen molar-refractivity contribution in [2.45, 2.75) is 13.3 Å². The monoisotopic (exact) mass is 292 g/mol. The summed E-state index contributed by atoms with van der Waals surface area (Å²) in [5.74, 6) is -0.666. The van der Waals surface area contributed by atoms with Crippen LogP contribution >= 0.6 is 0 Å². The van der Waals surface area contributed by atoms with Gasteiger partial charge in [-0.15, -0.1) is 0 Å². The second-order valence-corrected chi connectivity index (χ2v) is 4.06. The van der Waals surface area contributed by atoms with E-state index in [2.05, 4.69) is 15.3 Å². The van der Waals surface area contributed by atoms with Gasteiger partial charge in [-0.3, -0.25) is 10.1 Å². The van der Waals surface area contributed by atoms with Crippen molar-refractivity contribution in [2.24, 2.45) is 0 Å². The topological polar surface area (TPSA) is 90.2 Å². The molecular weight excluding hydrogens is 279 g/mol. The molecule has 1 heterocycles. The third-order valence-corrected chi connectivity index (χ3v) is 2.84. The predicted molar refractivity (Wildman–Crippen MR) is 74.1 cm³/mol. The van der Waals surface area contributed by atoms with Crippen LogP contribution in [-0.2, 0) is 6.42 Å². The molecule has 7 nitrogen and oxygen atoms in total. The highest BCUT2D eigenvalue weighted by Gasteiger charge is 2.22. The number of nitro benzene ring substituents is 1. The molecular formula is C13H13FN4O3. The van der Waals surface area contributed by atoms with Crippen molar-refractivity contribution in [3.63, 3.8) is 0 Å². The van der Waals surface area contributed by atoms with Crippen LogP contribution in [0.4, 0.5) is 15.9 Å². The Labute approximate surface area is 120 Å². The molecule has 0 amide bonds. The molecule has 0 radical (unpaired) electrons. The van der Waals surface area contributed by atoms with Gasteiger partial charge in [0.05, 0.1) is 10.5 Å². The zero-order valence-electron chi connectivity index (χ0n) is 11.5. The number of halogens is 1. The molecule has 0 bridgehead atoms. The Balaban J connectivity index is 2.51. The Bertz CT molecular complexity index is 678. The van der Waals surface area contributed by atoms with Gasteiger partial charge in [-0.05, 0) is 12.5 Å². The molecule has 1 aromatic heterocycles. The zero-order chi connectivity index (χ0) is 15.4. The van der Waals surface area contributed by atoms with Gasteiger partial charge < -0.3 is 10.1 Å². The van der Waals surface area contributed by atoms with Crippen molar-refractivity contribution in [1.82, 2.24) is 9.97 Å². The lowest BCUT2D eigenvalue weighted by Gasteiger charge is -2.12. The predicted octanol–water partition coefficient (Wildman–Crippen LogP) is 2.92. The number of aromatic nitrogens is 2. The maximum absolute atomic E-state index is 13.8. The Morgan fingerprint density at radius 1 is 1.43 bits per heavy atom. The Hall–Kier alpha value is -2.77. The maximum atomic E-state index is 13.8. The van der Waals surface area contributed by atoms with Crippen LogP contribution in [0.3, 0.4) is 0 Å². The summed E-state index contributed by atoms with van der Waals surface area (Å²) in [4.78, 5) is 18.2. The van der Waals surface area contributed by atoms with Crippen LogP contribution in [0.25, 0.3) is 0 Å². The first kappa shape index (κ1) is 14.6. The first-order valence-corrected chi connectivity index (χ1v) is 6.20. The van der Waals surface area contributed by atoms with E-state index in [9.17, 15) is 14.5 Å². The minimum Gasteiger partial charge on any atom is -0.428 e. The minimum atomic E-state index is -0.823. The van der Waals surface area contributed by atoms with Gasteiger partial charge in [0.25, 0.3) is 0 Å². The van der Waals surface area contributed by atoms with Crippen LogP contribution in [-0.4, -0.2) is 21.9 Å². The van der Waals surface area contributed by atoms with E-state index in [1.165, 1.54) is 18.5 Å². The van der Waals surface area contributed by atoms with Crippen molar-refractivity contribution in [2.75, 3.05) is 12.4 Å². The van der Waals surface area contributed by atoms with Crippen LogP contribution in [0, 0.1) is 15.9 Å². The molecule has 0 aliphatic carbocycles. The molecule has 0 aliphatic heterocycles. The van der Waals surface area contributed by atoms with Crippen molar-refractivity contribution in [3.8, 4) is 11.6 Å². The summed E-state index contributed by atoms with van der Waals surface area (Å²) in [5.41, 5.74) is 0.152. The van der Waals surface area contributed by atoms with E-state index in [0.29, 0.717) is 17.8 Å². The molecule has 0 saturated heterocycles. The molecule has 0 spiro atoms. The number of nitrogens with one attached hydrogen (secondary N) is 1. The van der Waals surface area contributed by atoms with Crippen LogP contribution in [0.1, 0.15) is 12.5 Å². The molecule has 0 fully saturated rings. The highest BCUT2D eigenvalue weighted by molar-refractivity contribution is 5.53. The minimum absolute atomic E-state index is 0.0880. The van der Waals surface area contributed by atoms with E-state index in [4.69, 9.17) is 4.74 Å². The number of para-hydroxylation sites is 1. The smallest absolute Gasteiger partial charge is 0.314 e. The van der Waals surface area contributed by atoms with E-state index < -0.39 is 22.2 Å². The van der Waals surface area contributed by atoms with Gasteiger partial charge in [0.2, 0.25) is 11.6 Å². The molecule has 1 aromatic carbocycles. The van der Waals surface area contributed by atoms with Crippen LogP contribution < -0.4 is 10.1 Å². The molecule has 0 unspecified atom stereocenters. The quantitative estimate of drug-likeness (QED) is 0.673. The third kappa shape index (κ3) is 2.88. The summed E-state index contributed by atoms with van der Waals surface area (Å²) in [7, 11) is 1.68. The largest absolute Gasteiger partial charge is 0.428 e. The average Bonchev–Trinajstić information content (AvgIpc) is 2.48. The standard InChI is InChI=1S/C13H13FN4O3/c1-3-8-12(15-2)16-7-17-13(8)21-11-9(14)5-4-6-10(11)18(19)20/h4-7H,3H2,1-2H3,(H,15,16,17). The van der Waals surface area contributed by atoms with Gasteiger partial charge in [0.1, 0.15) is 12.1 Å². The summed E-state index contributed by atoms with van der Waals surface area (Å²) >= 11 is 0. The van der Waals surface area contributed by atoms with E-state index in [-0.39, 0.29) is 5.88 Å². The summed E-state index contributed by atoms with van der Waals surface area (Å²) in [6.07, 6.45) is 1.77. The zero-order valence-corrected chi connectivity index (χ0v) is 11.5. The highest BCUT2D eigenvalue weighted by atomic mass is 19.1. The SMILES string of the molecule is CCc1c(NC)ncnc1Oc1c(F)cccc1[N+](=O)[O-]. The first-order chi connectivity index (χ1) is 10.1. The van der Waals surface area contributed by atoms with Gasteiger partial charge in [-0.1, -0.05) is 13.0 Å². The summed E-state index contributed by atoms with van der Waals surface area (Å²) in [6.45, 7) is 1.85. The van der Waals surface area contributed by atoms with Gasteiger partial charge in [0, 0.05) is 13.1 Å². The third-order valence-electron chi connectivity index (χ3n) is 2.84. The van der Waals surface area contributed by atoms with Gasteiger partial charge in [-0.2, -0.15) is 0 Å². The number of hydrogen-bond acceptors (Lipinski definition) is 6. The van der Waals surface area contributed by atoms with Gasteiger partial charge in [-0.25, -0.2) is 14.4 Å². The molecule has 2 rings (SSSR count). The lowest BCUT2D eigenvalue weighted by molar-refractivity contribution is -0.385. The normalized spacial score (nSPS) is 10.2. The molecule has 21 heavy (non-hydrogen) atoms. The number of benzene rings is 1.